The maximum absolute atomic E-state index is 6.44. The molecule has 1 aromatic rings. The van der Waals surface area contributed by atoms with Crippen molar-refractivity contribution in [1.29, 1.82) is 0 Å². The maximum atomic E-state index is 6.44. The Labute approximate surface area is 90.1 Å². The van der Waals surface area contributed by atoms with Gasteiger partial charge < -0.3 is 5.73 Å². The first-order valence-corrected chi connectivity index (χ1v) is 6.30. The summed E-state index contributed by atoms with van der Waals surface area (Å²) in [6.45, 7) is 2.13. The average Bonchev–Trinajstić information content (AvgIpc) is 2.19. The van der Waals surface area contributed by atoms with Crippen molar-refractivity contribution < 1.29 is 0 Å². The molecule has 0 spiro atoms. The molecule has 0 unspecified atom stereocenters. The van der Waals surface area contributed by atoms with Gasteiger partial charge in [-0.3, -0.25) is 0 Å². The Morgan fingerprint density at radius 2 is 2.00 bits per heavy atom. The third-order valence-electron chi connectivity index (χ3n) is 2.98. The molecule has 76 valence electrons. The van der Waals surface area contributed by atoms with Crippen molar-refractivity contribution in [3.63, 3.8) is 0 Å². The van der Waals surface area contributed by atoms with Crippen molar-refractivity contribution in [2.75, 3.05) is 11.5 Å². The van der Waals surface area contributed by atoms with E-state index in [1.165, 1.54) is 22.6 Å². The highest BCUT2D eigenvalue weighted by molar-refractivity contribution is 7.99. The van der Waals surface area contributed by atoms with Crippen LogP contribution in [0.4, 0.5) is 0 Å². The Morgan fingerprint density at radius 3 is 2.64 bits per heavy atom. The van der Waals surface area contributed by atoms with Crippen molar-refractivity contribution in [3.05, 3.63) is 35.4 Å². The fraction of sp³-hybridized carbons (Fsp3) is 0.500. The molecular weight excluding hydrogens is 190 g/mol. The van der Waals surface area contributed by atoms with Gasteiger partial charge in [-0.05, 0) is 36.8 Å². The highest BCUT2D eigenvalue weighted by atomic mass is 32.2. The molecule has 0 amide bonds. The Hall–Kier alpha value is -0.470. The largest absolute Gasteiger partial charge is 0.321 e. The van der Waals surface area contributed by atoms with Crippen LogP contribution in [0.5, 0.6) is 0 Å². The van der Waals surface area contributed by atoms with E-state index in [2.05, 4.69) is 31.2 Å². The highest BCUT2D eigenvalue weighted by Gasteiger charge is 2.29. The smallest absolute Gasteiger partial charge is 0.0425 e. The highest BCUT2D eigenvalue weighted by Crippen LogP contribution is 2.33. The second-order valence-corrected chi connectivity index (χ2v) is 5.36. The quantitative estimate of drug-likeness (QED) is 0.766. The fourth-order valence-corrected chi connectivity index (χ4v) is 3.20. The molecule has 14 heavy (non-hydrogen) atoms. The summed E-state index contributed by atoms with van der Waals surface area (Å²) in [4.78, 5) is 0. The van der Waals surface area contributed by atoms with Gasteiger partial charge in [-0.1, -0.05) is 29.8 Å². The van der Waals surface area contributed by atoms with Gasteiger partial charge >= 0.3 is 0 Å². The molecule has 1 heterocycles. The zero-order valence-electron chi connectivity index (χ0n) is 8.62. The van der Waals surface area contributed by atoms with Crippen LogP contribution in [0.15, 0.2) is 24.3 Å². The monoisotopic (exact) mass is 207 g/mol. The van der Waals surface area contributed by atoms with E-state index in [1.54, 1.807) is 0 Å². The minimum atomic E-state index is -0.0583. The lowest BCUT2D eigenvalue weighted by molar-refractivity contribution is 0.410. The molecule has 2 rings (SSSR count). The van der Waals surface area contributed by atoms with E-state index in [1.807, 2.05) is 11.8 Å². The van der Waals surface area contributed by atoms with E-state index in [4.69, 9.17) is 5.73 Å². The van der Waals surface area contributed by atoms with E-state index in [-0.39, 0.29) is 5.54 Å². The number of thioether (sulfide) groups is 1. The van der Waals surface area contributed by atoms with Crippen LogP contribution in [-0.4, -0.2) is 11.5 Å². The summed E-state index contributed by atoms with van der Waals surface area (Å²) in [6.07, 6.45) is 2.22. The predicted octanol–water partition coefficient (Wildman–Crippen LogP) is 2.68. The number of hydrogen-bond donors (Lipinski definition) is 1. The second-order valence-electron chi connectivity index (χ2n) is 4.14. The minimum Gasteiger partial charge on any atom is -0.321 e. The number of benzene rings is 1. The summed E-state index contributed by atoms with van der Waals surface area (Å²) in [6, 6.07) is 8.64. The summed E-state index contributed by atoms with van der Waals surface area (Å²) in [5.74, 6) is 2.40. The molecule has 1 aliphatic rings. The molecule has 0 bridgehead atoms. The molecule has 0 aromatic heterocycles. The van der Waals surface area contributed by atoms with E-state index in [0.29, 0.717) is 0 Å². The van der Waals surface area contributed by atoms with Gasteiger partial charge in [0.2, 0.25) is 0 Å². The van der Waals surface area contributed by atoms with Gasteiger partial charge in [0.15, 0.2) is 0 Å². The van der Waals surface area contributed by atoms with Crippen molar-refractivity contribution >= 4 is 11.8 Å². The van der Waals surface area contributed by atoms with E-state index < -0.39 is 0 Å². The minimum absolute atomic E-state index is 0.0583. The molecular formula is C12H17NS. The van der Waals surface area contributed by atoms with Gasteiger partial charge in [0, 0.05) is 5.54 Å². The van der Waals surface area contributed by atoms with Crippen LogP contribution in [0.1, 0.15) is 24.0 Å². The van der Waals surface area contributed by atoms with E-state index >= 15 is 0 Å². The molecule has 1 aliphatic heterocycles. The molecule has 1 saturated heterocycles. The number of rotatable bonds is 1. The van der Waals surface area contributed by atoms with Crippen molar-refractivity contribution in [1.82, 2.24) is 0 Å². The summed E-state index contributed by atoms with van der Waals surface area (Å²) in [7, 11) is 0. The fourth-order valence-electron chi connectivity index (χ4n) is 1.98. The van der Waals surface area contributed by atoms with Crippen molar-refractivity contribution in [3.8, 4) is 0 Å². The van der Waals surface area contributed by atoms with Crippen LogP contribution in [0, 0.1) is 6.92 Å². The van der Waals surface area contributed by atoms with E-state index in [9.17, 15) is 0 Å². The number of nitrogens with two attached hydrogens (primary N) is 1. The molecule has 2 N–H and O–H groups in total. The van der Waals surface area contributed by atoms with Crippen LogP contribution in [0.2, 0.25) is 0 Å². The summed E-state index contributed by atoms with van der Waals surface area (Å²) < 4.78 is 0. The Morgan fingerprint density at radius 1 is 1.29 bits per heavy atom. The maximum Gasteiger partial charge on any atom is 0.0425 e. The Bertz CT molecular complexity index is 316. The van der Waals surface area contributed by atoms with Crippen LogP contribution >= 0.6 is 11.8 Å². The topological polar surface area (TPSA) is 26.0 Å². The van der Waals surface area contributed by atoms with Crippen LogP contribution in [0.25, 0.3) is 0 Å². The van der Waals surface area contributed by atoms with Crippen molar-refractivity contribution in [2.24, 2.45) is 5.73 Å². The SMILES string of the molecule is Cc1cccc(C2(N)CCSCC2)c1. The molecule has 0 aliphatic carbocycles. The predicted molar refractivity (Wildman–Crippen MR) is 63.6 cm³/mol. The number of hydrogen-bond acceptors (Lipinski definition) is 2. The lowest BCUT2D eigenvalue weighted by atomic mass is 9.85. The van der Waals surface area contributed by atoms with Crippen LogP contribution in [0.3, 0.4) is 0 Å². The molecule has 2 heteroatoms. The lowest BCUT2D eigenvalue weighted by Crippen LogP contribution is -2.40. The van der Waals surface area contributed by atoms with Crippen LogP contribution in [-0.2, 0) is 5.54 Å². The van der Waals surface area contributed by atoms with Gasteiger partial charge in [0.25, 0.3) is 0 Å². The molecule has 0 saturated carbocycles. The standard InChI is InChI=1S/C12H17NS/c1-10-3-2-4-11(9-10)12(13)5-7-14-8-6-12/h2-4,9H,5-8,13H2,1H3. The first-order valence-electron chi connectivity index (χ1n) is 5.14. The first kappa shape index (κ1) is 10.1. The van der Waals surface area contributed by atoms with Gasteiger partial charge in [-0.25, -0.2) is 0 Å². The molecule has 1 nitrogen and oxygen atoms in total. The normalized spacial score (nSPS) is 20.7. The Balaban J connectivity index is 2.28. The Kier molecular flexibility index (Phi) is 2.84. The van der Waals surface area contributed by atoms with Gasteiger partial charge in [-0.15, -0.1) is 0 Å². The molecule has 0 atom stereocenters. The zero-order valence-corrected chi connectivity index (χ0v) is 9.44. The first-order chi connectivity index (χ1) is 6.71. The second kappa shape index (κ2) is 3.95. The number of aryl methyl sites for hydroxylation is 1. The molecule has 1 aromatic carbocycles. The molecule has 1 fully saturated rings. The van der Waals surface area contributed by atoms with Crippen LogP contribution < -0.4 is 5.73 Å². The summed E-state index contributed by atoms with van der Waals surface area (Å²) >= 11 is 2.02. The van der Waals surface area contributed by atoms with E-state index in [0.717, 1.165) is 12.8 Å². The lowest BCUT2D eigenvalue weighted by Gasteiger charge is -2.33. The third-order valence-corrected chi connectivity index (χ3v) is 3.96. The third kappa shape index (κ3) is 1.96. The summed E-state index contributed by atoms with van der Waals surface area (Å²) in [5, 5.41) is 0. The average molecular weight is 207 g/mol. The van der Waals surface area contributed by atoms with Gasteiger partial charge in [0.1, 0.15) is 0 Å². The van der Waals surface area contributed by atoms with Crippen molar-refractivity contribution in [2.45, 2.75) is 25.3 Å². The van der Waals surface area contributed by atoms with Gasteiger partial charge in [-0.2, -0.15) is 11.8 Å². The zero-order chi connectivity index (χ0) is 10.0. The molecule has 0 radical (unpaired) electrons. The summed E-state index contributed by atoms with van der Waals surface area (Å²) in [5.41, 5.74) is 9.01. The van der Waals surface area contributed by atoms with Gasteiger partial charge in [0.05, 0.1) is 0 Å².